The summed E-state index contributed by atoms with van der Waals surface area (Å²) in [5, 5.41) is 22.8. The highest BCUT2D eigenvalue weighted by Crippen LogP contribution is 2.43. The highest BCUT2D eigenvalue weighted by atomic mass is 32.1. The Morgan fingerprint density at radius 2 is 1.67 bits per heavy atom. The predicted octanol–water partition coefficient (Wildman–Crippen LogP) is 5.22. The van der Waals surface area contributed by atoms with E-state index < -0.39 is 18.0 Å². The minimum atomic E-state index is -1.22. The number of nitrogens with zero attached hydrogens (tertiary/aromatic N) is 2. The summed E-state index contributed by atoms with van der Waals surface area (Å²) in [5.41, 5.74) is 2.84. The number of aromatic carboxylic acids is 2. The second-order valence-corrected chi connectivity index (χ2v) is 8.83. The van der Waals surface area contributed by atoms with Crippen LogP contribution in [0.2, 0.25) is 0 Å². The molecule has 180 valence electrons. The van der Waals surface area contributed by atoms with Crippen LogP contribution < -0.4 is 10.2 Å². The SMILES string of the molecule is Cc1ccc(N2C(=S)N[C@H](c3ccccn3)[C@@H]2c2ccc(-c3cc(C(=O)O)cc(C(=O)O)c3)o2)cc1. The number of hydrogen-bond donors (Lipinski definition) is 3. The van der Waals surface area contributed by atoms with E-state index in [2.05, 4.69) is 10.3 Å². The molecular formula is C27H21N3O5S. The molecule has 3 heterocycles. The first-order chi connectivity index (χ1) is 17.3. The molecule has 1 aliphatic rings. The lowest BCUT2D eigenvalue weighted by molar-refractivity contribution is 0.0696. The first-order valence-corrected chi connectivity index (χ1v) is 11.5. The number of thiocarbonyl (C=S) groups is 1. The molecule has 2 aromatic heterocycles. The van der Waals surface area contributed by atoms with Gasteiger partial charge in [-0.05, 0) is 73.7 Å². The van der Waals surface area contributed by atoms with Gasteiger partial charge in [0.2, 0.25) is 0 Å². The second kappa shape index (κ2) is 9.27. The van der Waals surface area contributed by atoms with Crippen molar-refractivity contribution in [2.24, 2.45) is 0 Å². The molecule has 5 rings (SSSR count). The van der Waals surface area contributed by atoms with Crippen LogP contribution in [0.4, 0.5) is 5.69 Å². The maximum atomic E-state index is 11.6. The number of aromatic nitrogens is 1. The number of nitrogens with one attached hydrogen (secondary N) is 1. The van der Waals surface area contributed by atoms with Gasteiger partial charge in [0.05, 0.1) is 22.9 Å². The Hall–Kier alpha value is -4.50. The minimum absolute atomic E-state index is 0.140. The average molecular weight is 500 g/mol. The van der Waals surface area contributed by atoms with Gasteiger partial charge in [-0.15, -0.1) is 0 Å². The van der Waals surface area contributed by atoms with Crippen LogP contribution >= 0.6 is 12.2 Å². The topological polar surface area (TPSA) is 116 Å². The molecular weight excluding hydrogens is 478 g/mol. The molecule has 0 radical (unpaired) electrons. The highest BCUT2D eigenvalue weighted by Gasteiger charge is 2.42. The van der Waals surface area contributed by atoms with Gasteiger partial charge in [-0.25, -0.2) is 9.59 Å². The maximum Gasteiger partial charge on any atom is 0.335 e. The molecule has 0 aliphatic carbocycles. The van der Waals surface area contributed by atoms with Crippen LogP contribution in [0.25, 0.3) is 11.3 Å². The smallest absolute Gasteiger partial charge is 0.335 e. The Morgan fingerprint density at radius 3 is 2.28 bits per heavy atom. The summed E-state index contributed by atoms with van der Waals surface area (Å²) >= 11 is 5.72. The summed E-state index contributed by atoms with van der Waals surface area (Å²) in [5.74, 6) is -1.54. The van der Waals surface area contributed by atoms with E-state index in [-0.39, 0.29) is 17.2 Å². The molecule has 8 nitrogen and oxygen atoms in total. The monoisotopic (exact) mass is 499 g/mol. The van der Waals surface area contributed by atoms with Crippen LogP contribution in [-0.4, -0.2) is 32.2 Å². The number of carbonyl (C=O) groups is 2. The van der Waals surface area contributed by atoms with Gasteiger partial charge in [-0.2, -0.15) is 0 Å². The van der Waals surface area contributed by atoms with E-state index in [0.717, 1.165) is 23.0 Å². The van der Waals surface area contributed by atoms with E-state index in [1.165, 1.54) is 12.1 Å². The van der Waals surface area contributed by atoms with E-state index in [9.17, 15) is 19.8 Å². The first kappa shape index (κ1) is 23.3. The number of carboxylic acids is 2. The van der Waals surface area contributed by atoms with Gasteiger partial charge in [-0.1, -0.05) is 23.8 Å². The minimum Gasteiger partial charge on any atom is -0.478 e. The molecule has 36 heavy (non-hydrogen) atoms. The van der Waals surface area contributed by atoms with E-state index >= 15 is 0 Å². The molecule has 0 amide bonds. The van der Waals surface area contributed by atoms with Gasteiger partial charge in [0.25, 0.3) is 0 Å². The summed E-state index contributed by atoms with van der Waals surface area (Å²) in [7, 11) is 0. The van der Waals surface area contributed by atoms with E-state index in [1.54, 1.807) is 18.3 Å². The predicted molar refractivity (Wildman–Crippen MR) is 137 cm³/mol. The van der Waals surface area contributed by atoms with E-state index in [4.69, 9.17) is 16.6 Å². The lowest BCUT2D eigenvalue weighted by Crippen LogP contribution is -2.29. The number of anilines is 1. The largest absolute Gasteiger partial charge is 0.478 e. The van der Waals surface area contributed by atoms with Gasteiger partial charge in [-0.3, -0.25) is 4.98 Å². The third-order valence-electron chi connectivity index (χ3n) is 6.04. The molecule has 2 aromatic carbocycles. The fourth-order valence-electron chi connectivity index (χ4n) is 4.31. The lowest BCUT2D eigenvalue weighted by atomic mass is 10.0. The summed E-state index contributed by atoms with van der Waals surface area (Å²) in [4.78, 5) is 29.6. The molecule has 9 heteroatoms. The van der Waals surface area contributed by atoms with Gasteiger partial charge in [0.1, 0.15) is 17.6 Å². The third kappa shape index (κ3) is 4.32. The summed E-state index contributed by atoms with van der Waals surface area (Å²) in [6, 6.07) is 20.3. The molecule has 4 aromatic rings. The van der Waals surface area contributed by atoms with E-state index in [1.807, 2.05) is 54.3 Å². The summed E-state index contributed by atoms with van der Waals surface area (Å²) in [6.45, 7) is 2.01. The molecule has 1 aliphatic heterocycles. The number of aryl methyl sites for hydroxylation is 1. The third-order valence-corrected chi connectivity index (χ3v) is 6.35. The molecule has 0 saturated carbocycles. The Balaban J connectivity index is 1.61. The Bertz CT molecular complexity index is 1430. The van der Waals surface area contributed by atoms with Crippen LogP contribution in [0.15, 0.2) is 83.4 Å². The van der Waals surface area contributed by atoms with Crippen molar-refractivity contribution in [1.29, 1.82) is 0 Å². The van der Waals surface area contributed by atoms with Gasteiger partial charge >= 0.3 is 11.9 Å². The van der Waals surface area contributed by atoms with Crippen molar-refractivity contribution >= 4 is 35.0 Å². The van der Waals surface area contributed by atoms with Crippen LogP contribution in [0, 0.1) is 6.92 Å². The molecule has 3 N–H and O–H groups in total. The molecule has 0 unspecified atom stereocenters. The zero-order chi connectivity index (χ0) is 25.4. The van der Waals surface area contributed by atoms with Crippen LogP contribution in [0.5, 0.6) is 0 Å². The van der Waals surface area contributed by atoms with Crippen molar-refractivity contribution in [2.75, 3.05) is 4.90 Å². The van der Waals surface area contributed by atoms with Gasteiger partial charge in [0.15, 0.2) is 5.11 Å². The fourth-order valence-corrected chi connectivity index (χ4v) is 4.66. The first-order valence-electron chi connectivity index (χ1n) is 11.1. The number of furan rings is 1. The Morgan fingerprint density at radius 1 is 0.972 bits per heavy atom. The van der Waals surface area contributed by atoms with Crippen molar-refractivity contribution in [1.82, 2.24) is 10.3 Å². The number of rotatable bonds is 6. The number of hydrogen-bond acceptors (Lipinski definition) is 5. The van der Waals surface area contributed by atoms with Crippen molar-refractivity contribution in [3.8, 4) is 11.3 Å². The Kier molecular flexibility index (Phi) is 5.99. The van der Waals surface area contributed by atoms with Crippen LogP contribution in [-0.2, 0) is 0 Å². The van der Waals surface area contributed by atoms with E-state index in [0.29, 0.717) is 22.2 Å². The van der Waals surface area contributed by atoms with Crippen molar-refractivity contribution in [3.63, 3.8) is 0 Å². The fraction of sp³-hybridized carbons (Fsp3) is 0.111. The molecule has 1 fully saturated rings. The van der Waals surface area contributed by atoms with Gasteiger partial charge < -0.3 is 24.8 Å². The molecule has 1 saturated heterocycles. The molecule has 0 spiro atoms. The number of benzene rings is 2. The van der Waals surface area contributed by atoms with Crippen LogP contribution in [0.1, 0.15) is 49.8 Å². The summed E-state index contributed by atoms with van der Waals surface area (Å²) < 4.78 is 6.24. The van der Waals surface area contributed by atoms with Gasteiger partial charge in [0, 0.05) is 17.4 Å². The van der Waals surface area contributed by atoms with Crippen molar-refractivity contribution in [2.45, 2.75) is 19.0 Å². The zero-order valence-electron chi connectivity index (χ0n) is 19.1. The number of pyridine rings is 1. The lowest BCUT2D eigenvalue weighted by Gasteiger charge is -2.26. The van der Waals surface area contributed by atoms with Crippen LogP contribution in [0.3, 0.4) is 0 Å². The molecule has 0 bridgehead atoms. The number of carboxylic acid groups (broad SMARTS) is 2. The maximum absolute atomic E-state index is 11.6. The average Bonchev–Trinajstić information content (AvgIpc) is 3.49. The highest BCUT2D eigenvalue weighted by molar-refractivity contribution is 7.80. The standard InChI is InChI=1S/C27H21N3O5S/c1-15-5-7-19(8-6-15)30-24(23(29-27(30)36)20-4-2-3-11-28-20)22-10-9-21(35-22)16-12-17(25(31)32)14-18(13-16)26(33)34/h2-14,23-24H,1H3,(H,29,36)(H,31,32)(H,33,34)/t23-,24+/m1/s1. The van der Waals surface area contributed by atoms with Crippen molar-refractivity contribution in [3.05, 3.63) is 107 Å². The quantitative estimate of drug-likeness (QED) is 0.307. The normalized spacial score (nSPS) is 17.1. The zero-order valence-corrected chi connectivity index (χ0v) is 19.9. The van der Waals surface area contributed by atoms with Crippen molar-refractivity contribution < 1.29 is 24.2 Å². The summed E-state index contributed by atoms with van der Waals surface area (Å²) in [6.07, 6.45) is 1.71. The molecule has 2 atom stereocenters. The Labute approximate surface area is 211 Å². The second-order valence-electron chi connectivity index (χ2n) is 8.44.